The summed E-state index contributed by atoms with van der Waals surface area (Å²) in [4.78, 5) is 0. The summed E-state index contributed by atoms with van der Waals surface area (Å²) in [5, 5.41) is 9.01. The number of nitrogens with zero attached hydrogens (tertiary/aromatic N) is 2. The van der Waals surface area contributed by atoms with E-state index in [0.29, 0.717) is 0 Å². The summed E-state index contributed by atoms with van der Waals surface area (Å²) in [6.07, 6.45) is 6.41. The first-order valence-corrected chi connectivity index (χ1v) is 6.80. The van der Waals surface area contributed by atoms with Gasteiger partial charge in [0.1, 0.15) is 0 Å². The highest BCUT2D eigenvalue weighted by molar-refractivity contribution is 6.05. The van der Waals surface area contributed by atoms with E-state index in [1.807, 2.05) is 5.12 Å². The SMILES string of the molecule is CC1=CC2=NN(c3cccc4ccccc34)NC2C=C1. The lowest BCUT2D eigenvalue weighted by atomic mass is 10.0. The van der Waals surface area contributed by atoms with Gasteiger partial charge in [-0.05, 0) is 30.0 Å². The van der Waals surface area contributed by atoms with Crippen LogP contribution in [0.3, 0.4) is 0 Å². The van der Waals surface area contributed by atoms with E-state index >= 15 is 0 Å². The Balaban J connectivity index is 1.80. The Hall–Kier alpha value is -2.39. The number of hydrogen-bond donors (Lipinski definition) is 1. The molecule has 0 spiro atoms. The molecule has 2 aromatic rings. The lowest BCUT2D eigenvalue weighted by Crippen LogP contribution is -2.37. The molecule has 0 saturated carbocycles. The fraction of sp³-hybridized carbons (Fsp3) is 0.118. The third-order valence-corrected chi connectivity index (χ3v) is 3.72. The largest absolute Gasteiger partial charge is 0.200 e. The van der Waals surface area contributed by atoms with Crippen LogP contribution in [0.1, 0.15) is 6.92 Å². The molecule has 0 fully saturated rings. The van der Waals surface area contributed by atoms with Gasteiger partial charge in [-0.25, -0.2) is 0 Å². The third kappa shape index (κ3) is 1.75. The quantitative estimate of drug-likeness (QED) is 0.852. The molecule has 1 aliphatic carbocycles. The van der Waals surface area contributed by atoms with Gasteiger partial charge in [-0.15, -0.1) is 0 Å². The molecular weight excluding hydrogens is 246 g/mol. The van der Waals surface area contributed by atoms with Crippen molar-refractivity contribution in [2.24, 2.45) is 5.10 Å². The fourth-order valence-corrected chi connectivity index (χ4v) is 2.71. The zero-order valence-electron chi connectivity index (χ0n) is 11.2. The van der Waals surface area contributed by atoms with Crippen LogP contribution >= 0.6 is 0 Å². The van der Waals surface area contributed by atoms with Crippen molar-refractivity contribution in [3.05, 3.63) is 66.3 Å². The van der Waals surface area contributed by atoms with Crippen LogP contribution in [0.25, 0.3) is 10.8 Å². The average Bonchev–Trinajstić information content (AvgIpc) is 2.89. The topological polar surface area (TPSA) is 27.6 Å². The summed E-state index contributed by atoms with van der Waals surface area (Å²) in [7, 11) is 0. The Morgan fingerprint density at radius 3 is 2.90 bits per heavy atom. The van der Waals surface area contributed by atoms with Gasteiger partial charge >= 0.3 is 0 Å². The van der Waals surface area contributed by atoms with Gasteiger partial charge in [0.05, 0.1) is 17.4 Å². The van der Waals surface area contributed by atoms with Gasteiger partial charge in [0.2, 0.25) is 0 Å². The van der Waals surface area contributed by atoms with Crippen LogP contribution < -0.4 is 10.5 Å². The minimum absolute atomic E-state index is 0.178. The van der Waals surface area contributed by atoms with E-state index in [4.69, 9.17) is 5.10 Å². The minimum Gasteiger partial charge on any atom is -0.200 e. The summed E-state index contributed by atoms with van der Waals surface area (Å²) in [5.74, 6) is 0. The lowest BCUT2D eigenvalue weighted by Gasteiger charge is -2.18. The van der Waals surface area contributed by atoms with E-state index in [9.17, 15) is 0 Å². The number of rotatable bonds is 1. The van der Waals surface area contributed by atoms with Crippen molar-refractivity contribution in [3.8, 4) is 0 Å². The maximum atomic E-state index is 4.69. The molecule has 0 amide bonds. The Morgan fingerprint density at radius 1 is 1.10 bits per heavy atom. The molecule has 1 heterocycles. The second-order valence-corrected chi connectivity index (χ2v) is 5.19. The first kappa shape index (κ1) is 11.4. The molecule has 2 aromatic carbocycles. The number of hydrogen-bond acceptors (Lipinski definition) is 3. The van der Waals surface area contributed by atoms with Crippen molar-refractivity contribution >= 4 is 22.2 Å². The highest BCUT2D eigenvalue weighted by atomic mass is 15.7. The number of fused-ring (bicyclic) bond motifs is 2. The maximum absolute atomic E-state index is 4.69. The maximum Gasteiger partial charge on any atom is 0.0906 e. The van der Waals surface area contributed by atoms with Gasteiger partial charge in [-0.3, -0.25) is 0 Å². The number of allylic oxidation sites excluding steroid dienone is 2. The lowest BCUT2D eigenvalue weighted by molar-refractivity contribution is 0.701. The first-order valence-electron chi connectivity index (χ1n) is 6.80. The van der Waals surface area contributed by atoms with Crippen LogP contribution in [-0.4, -0.2) is 11.8 Å². The monoisotopic (exact) mass is 261 g/mol. The van der Waals surface area contributed by atoms with E-state index < -0.39 is 0 Å². The van der Waals surface area contributed by atoms with Gasteiger partial charge in [-0.1, -0.05) is 48.6 Å². The van der Waals surface area contributed by atoms with Gasteiger partial charge in [0, 0.05) is 5.39 Å². The molecule has 0 aromatic heterocycles. The molecule has 2 aliphatic rings. The number of anilines is 1. The van der Waals surface area contributed by atoms with E-state index in [1.165, 1.54) is 16.3 Å². The Labute approximate surface area is 117 Å². The van der Waals surface area contributed by atoms with E-state index in [0.717, 1.165) is 11.4 Å². The smallest absolute Gasteiger partial charge is 0.0906 e. The van der Waals surface area contributed by atoms with E-state index in [-0.39, 0.29) is 6.04 Å². The predicted octanol–water partition coefficient (Wildman–Crippen LogP) is 3.41. The first-order chi connectivity index (χ1) is 9.81. The Bertz CT molecular complexity index is 765. The zero-order chi connectivity index (χ0) is 13.5. The van der Waals surface area contributed by atoms with Crippen LogP contribution in [0.4, 0.5) is 5.69 Å². The van der Waals surface area contributed by atoms with Crippen molar-refractivity contribution in [1.29, 1.82) is 0 Å². The van der Waals surface area contributed by atoms with Crippen LogP contribution in [0, 0.1) is 0 Å². The minimum atomic E-state index is 0.178. The Morgan fingerprint density at radius 2 is 1.95 bits per heavy atom. The van der Waals surface area contributed by atoms with Crippen LogP contribution in [-0.2, 0) is 0 Å². The van der Waals surface area contributed by atoms with Gasteiger partial charge in [-0.2, -0.15) is 15.6 Å². The highest BCUT2D eigenvalue weighted by Crippen LogP contribution is 2.28. The molecule has 1 N–H and O–H groups in total. The van der Waals surface area contributed by atoms with Gasteiger partial charge in [0.25, 0.3) is 0 Å². The zero-order valence-corrected chi connectivity index (χ0v) is 11.2. The van der Waals surface area contributed by atoms with E-state index in [1.54, 1.807) is 0 Å². The summed E-state index contributed by atoms with van der Waals surface area (Å²) in [6, 6.07) is 14.8. The van der Waals surface area contributed by atoms with E-state index in [2.05, 4.69) is 73.0 Å². The number of benzene rings is 2. The number of hydrazine groups is 1. The summed E-state index contributed by atoms with van der Waals surface area (Å²) < 4.78 is 0. The average molecular weight is 261 g/mol. The second kappa shape index (κ2) is 4.32. The van der Waals surface area contributed by atoms with Crippen molar-refractivity contribution < 1.29 is 0 Å². The third-order valence-electron chi connectivity index (χ3n) is 3.72. The molecule has 3 heteroatoms. The molecule has 0 saturated heterocycles. The van der Waals surface area contributed by atoms with Crippen molar-refractivity contribution in [3.63, 3.8) is 0 Å². The summed E-state index contributed by atoms with van der Waals surface area (Å²) in [6.45, 7) is 2.09. The summed E-state index contributed by atoms with van der Waals surface area (Å²) in [5.41, 5.74) is 6.81. The molecule has 20 heavy (non-hydrogen) atoms. The Kier molecular flexibility index (Phi) is 2.47. The van der Waals surface area contributed by atoms with Crippen molar-refractivity contribution in [2.45, 2.75) is 13.0 Å². The molecular formula is C17H15N3. The molecule has 0 bridgehead atoms. The van der Waals surface area contributed by atoms with Crippen LogP contribution in [0.2, 0.25) is 0 Å². The van der Waals surface area contributed by atoms with Gasteiger partial charge in [0.15, 0.2) is 0 Å². The van der Waals surface area contributed by atoms with Crippen LogP contribution in [0.15, 0.2) is 71.4 Å². The normalized spacial score (nSPS) is 20.9. The summed E-state index contributed by atoms with van der Waals surface area (Å²) >= 11 is 0. The molecule has 1 atom stereocenters. The molecule has 1 unspecified atom stereocenters. The predicted molar refractivity (Wildman–Crippen MR) is 83.7 cm³/mol. The second-order valence-electron chi connectivity index (χ2n) is 5.19. The molecule has 3 nitrogen and oxygen atoms in total. The fourth-order valence-electron chi connectivity index (χ4n) is 2.71. The standard InChI is InChI=1S/C17H15N3/c1-12-9-10-15-16(11-12)19-20(18-15)17-8-4-6-13-5-2-3-7-14(13)17/h2-11,15,18H,1H3. The van der Waals surface area contributed by atoms with Crippen LogP contribution in [0.5, 0.6) is 0 Å². The van der Waals surface area contributed by atoms with Crippen molar-refractivity contribution in [2.75, 3.05) is 5.12 Å². The molecule has 4 rings (SSSR count). The molecule has 0 radical (unpaired) electrons. The molecule has 1 aliphatic heterocycles. The number of nitrogens with one attached hydrogen (secondary N) is 1. The number of hydrazone groups is 1. The molecule has 98 valence electrons. The van der Waals surface area contributed by atoms with Crippen molar-refractivity contribution in [1.82, 2.24) is 5.43 Å². The highest BCUT2D eigenvalue weighted by Gasteiger charge is 2.25. The van der Waals surface area contributed by atoms with Gasteiger partial charge < -0.3 is 0 Å².